The summed E-state index contributed by atoms with van der Waals surface area (Å²) in [6.07, 6.45) is 0.775. The van der Waals surface area contributed by atoms with Gasteiger partial charge in [0.2, 0.25) is 0 Å². The average molecular weight is 415 g/mol. The number of pyridine rings is 1. The molecule has 0 bridgehead atoms. The summed E-state index contributed by atoms with van der Waals surface area (Å²) in [6, 6.07) is 36.3. The summed E-state index contributed by atoms with van der Waals surface area (Å²) >= 11 is 0. The molecule has 1 heterocycles. The largest absolute Gasteiger partial charge is 0.354 e. The third kappa shape index (κ3) is 4.13. The van der Waals surface area contributed by atoms with Crippen LogP contribution in [-0.2, 0) is 6.42 Å². The Bertz CT molecular complexity index is 1360. The molecule has 0 amide bonds. The monoisotopic (exact) mass is 414 g/mol. The maximum Gasteiger partial charge on any atom is 0.0727 e. The molecule has 1 N–H and O–H groups in total. The number of rotatable bonds is 5. The second kappa shape index (κ2) is 8.68. The van der Waals surface area contributed by atoms with Gasteiger partial charge in [0, 0.05) is 23.1 Å². The standard InChI is InChI=1S/C30H26N2/c1-21-13-16-25(17-14-21)31-30-26-19-22(2)15-18-27(26)32-28(20-23-9-5-3-6-10-23)29(30)24-11-7-4-8-12-24/h3-19H,20H2,1-2H3,(H,31,32). The lowest BCUT2D eigenvalue weighted by atomic mass is 9.94. The molecule has 32 heavy (non-hydrogen) atoms. The lowest BCUT2D eigenvalue weighted by molar-refractivity contribution is 1.10. The summed E-state index contributed by atoms with van der Waals surface area (Å²) in [5.74, 6) is 0. The van der Waals surface area contributed by atoms with Crippen LogP contribution in [0, 0.1) is 13.8 Å². The van der Waals surface area contributed by atoms with Crippen LogP contribution in [0.25, 0.3) is 22.0 Å². The van der Waals surface area contributed by atoms with Gasteiger partial charge in [0.05, 0.1) is 16.9 Å². The van der Waals surface area contributed by atoms with Crippen molar-refractivity contribution in [1.82, 2.24) is 4.98 Å². The highest BCUT2D eigenvalue weighted by Crippen LogP contribution is 2.39. The summed E-state index contributed by atoms with van der Waals surface area (Å²) in [7, 11) is 0. The fourth-order valence-electron chi connectivity index (χ4n) is 4.17. The van der Waals surface area contributed by atoms with E-state index in [4.69, 9.17) is 4.98 Å². The van der Waals surface area contributed by atoms with Gasteiger partial charge in [0.25, 0.3) is 0 Å². The van der Waals surface area contributed by atoms with Crippen molar-refractivity contribution in [2.24, 2.45) is 0 Å². The lowest BCUT2D eigenvalue weighted by Crippen LogP contribution is -2.03. The second-order valence-corrected chi connectivity index (χ2v) is 8.35. The topological polar surface area (TPSA) is 24.9 Å². The molecule has 0 aliphatic rings. The number of benzene rings is 4. The Morgan fingerprint density at radius 3 is 2.06 bits per heavy atom. The Hall–Kier alpha value is -3.91. The minimum absolute atomic E-state index is 0.775. The maximum absolute atomic E-state index is 5.16. The van der Waals surface area contributed by atoms with Gasteiger partial charge in [-0.25, -0.2) is 0 Å². The molecule has 0 saturated carbocycles. The minimum Gasteiger partial charge on any atom is -0.354 e. The van der Waals surface area contributed by atoms with Gasteiger partial charge < -0.3 is 5.32 Å². The predicted octanol–water partition coefficient (Wildman–Crippen LogP) is 7.85. The molecule has 0 aliphatic heterocycles. The molecule has 0 radical (unpaired) electrons. The Kier molecular flexibility index (Phi) is 5.43. The molecule has 4 aromatic carbocycles. The first kappa shape index (κ1) is 20.0. The summed E-state index contributed by atoms with van der Waals surface area (Å²) in [5, 5.41) is 4.89. The Balaban J connectivity index is 1.78. The zero-order valence-electron chi connectivity index (χ0n) is 18.5. The van der Waals surface area contributed by atoms with Crippen LogP contribution in [0.5, 0.6) is 0 Å². The van der Waals surface area contributed by atoms with Gasteiger partial charge in [-0.05, 0) is 49.2 Å². The zero-order valence-corrected chi connectivity index (χ0v) is 18.5. The molecule has 0 fully saturated rings. The van der Waals surface area contributed by atoms with E-state index in [0.29, 0.717) is 0 Å². The van der Waals surface area contributed by atoms with E-state index in [2.05, 4.69) is 122 Å². The fourth-order valence-corrected chi connectivity index (χ4v) is 4.17. The van der Waals surface area contributed by atoms with Crippen molar-refractivity contribution in [1.29, 1.82) is 0 Å². The minimum atomic E-state index is 0.775. The molecule has 1 aromatic heterocycles. The molecule has 5 aromatic rings. The van der Waals surface area contributed by atoms with Gasteiger partial charge in [-0.1, -0.05) is 90.0 Å². The SMILES string of the molecule is Cc1ccc(Nc2c(-c3ccccc3)c(Cc3ccccc3)nc3ccc(C)cc23)cc1. The Morgan fingerprint density at radius 2 is 1.34 bits per heavy atom. The van der Waals surface area contributed by atoms with Crippen LogP contribution in [0.4, 0.5) is 11.4 Å². The van der Waals surface area contributed by atoms with Crippen molar-refractivity contribution in [3.63, 3.8) is 0 Å². The molecule has 0 spiro atoms. The Labute approximate surface area is 189 Å². The van der Waals surface area contributed by atoms with E-state index < -0.39 is 0 Å². The van der Waals surface area contributed by atoms with Crippen molar-refractivity contribution >= 4 is 22.3 Å². The van der Waals surface area contributed by atoms with E-state index in [0.717, 1.165) is 40.0 Å². The molecule has 0 atom stereocenters. The van der Waals surface area contributed by atoms with Crippen molar-refractivity contribution in [3.8, 4) is 11.1 Å². The first-order valence-corrected chi connectivity index (χ1v) is 11.0. The van der Waals surface area contributed by atoms with Gasteiger partial charge in [-0.3, -0.25) is 4.98 Å². The molecule has 0 saturated heterocycles. The molecular formula is C30H26N2. The van der Waals surface area contributed by atoms with Crippen LogP contribution < -0.4 is 5.32 Å². The first-order valence-electron chi connectivity index (χ1n) is 11.0. The quantitative estimate of drug-likeness (QED) is 0.317. The van der Waals surface area contributed by atoms with Gasteiger partial charge in [0.1, 0.15) is 0 Å². The van der Waals surface area contributed by atoms with Crippen LogP contribution in [0.3, 0.4) is 0 Å². The van der Waals surface area contributed by atoms with Crippen LogP contribution in [0.1, 0.15) is 22.4 Å². The van der Waals surface area contributed by atoms with Gasteiger partial charge in [-0.15, -0.1) is 0 Å². The number of hydrogen-bond donors (Lipinski definition) is 1. The number of hydrogen-bond acceptors (Lipinski definition) is 2. The molecule has 5 rings (SSSR count). The molecule has 2 heteroatoms. The first-order chi connectivity index (χ1) is 15.7. The highest BCUT2D eigenvalue weighted by atomic mass is 14.9. The lowest BCUT2D eigenvalue weighted by Gasteiger charge is -2.20. The van der Waals surface area contributed by atoms with Gasteiger partial charge in [-0.2, -0.15) is 0 Å². The van der Waals surface area contributed by atoms with E-state index in [9.17, 15) is 0 Å². The molecule has 2 nitrogen and oxygen atoms in total. The molecular weight excluding hydrogens is 388 g/mol. The highest BCUT2D eigenvalue weighted by molar-refractivity contribution is 6.02. The second-order valence-electron chi connectivity index (χ2n) is 8.35. The van der Waals surface area contributed by atoms with E-state index >= 15 is 0 Å². The average Bonchev–Trinajstić information content (AvgIpc) is 2.82. The molecule has 0 unspecified atom stereocenters. The van der Waals surface area contributed by atoms with Crippen LogP contribution in [0.15, 0.2) is 103 Å². The van der Waals surface area contributed by atoms with E-state index in [1.165, 1.54) is 22.3 Å². The zero-order chi connectivity index (χ0) is 21.9. The van der Waals surface area contributed by atoms with Gasteiger partial charge >= 0.3 is 0 Å². The Morgan fingerprint density at radius 1 is 0.688 bits per heavy atom. The smallest absolute Gasteiger partial charge is 0.0727 e. The van der Waals surface area contributed by atoms with Crippen molar-refractivity contribution in [2.45, 2.75) is 20.3 Å². The van der Waals surface area contributed by atoms with E-state index in [1.54, 1.807) is 0 Å². The summed E-state index contributed by atoms with van der Waals surface area (Å²) < 4.78 is 0. The van der Waals surface area contributed by atoms with Crippen molar-refractivity contribution in [2.75, 3.05) is 5.32 Å². The predicted molar refractivity (Wildman–Crippen MR) is 136 cm³/mol. The van der Waals surface area contributed by atoms with E-state index in [-0.39, 0.29) is 0 Å². The molecule has 0 aliphatic carbocycles. The number of nitrogens with one attached hydrogen (secondary N) is 1. The number of nitrogens with zero attached hydrogens (tertiary/aromatic N) is 1. The third-order valence-corrected chi connectivity index (χ3v) is 5.81. The fraction of sp³-hybridized carbons (Fsp3) is 0.100. The number of fused-ring (bicyclic) bond motifs is 1. The van der Waals surface area contributed by atoms with Crippen molar-refractivity contribution in [3.05, 3.63) is 126 Å². The van der Waals surface area contributed by atoms with Crippen molar-refractivity contribution < 1.29 is 0 Å². The highest BCUT2D eigenvalue weighted by Gasteiger charge is 2.18. The van der Waals surface area contributed by atoms with Gasteiger partial charge in [0.15, 0.2) is 0 Å². The normalized spacial score (nSPS) is 10.9. The molecule has 156 valence electrons. The maximum atomic E-state index is 5.16. The number of aromatic nitrogens is 1. The summed E-state index contributed by atoms with van der Waals surface area (Å²) in [5.41, 5.74) is 10.3. The number of aryl methyl sites for hydroxylation is 2. The summed E-state index contributed by atoms with van der Waals surface area (Å²) in [4.78, 5) is 5.16. The number of anilines is 2. The van der Waals surface area contributed by atoms with Crippen LogP contribution in [-0.4, -0.2) is 4.98 Å². The summed E-state index contributed by atoms with van der Waals surface area (Å²) in [6.45, 7) is 4.25. The van der Waals surface area contributed by atoms with E-state index in [1.807, 2.05) is 0 Å². The third-order valence-electron chi connectivity index (χ3n) is 5.81. The van der Waals surface area contributed by atoms with Crippen LogP contribution >= 0.6 is 0 Å². The van der Waals surface area contributed by atoms with Crippen LogP contribution in [0.2, 0.25) is 0 Å².